The van der Waals surface area contributed by atoms with Crippen LogP contribution in [0.3, 0.4) is 0 Å². The van der Waals surface area contributed by atoms with Crippen molar-refractivity contribution in [2.24, 2.45) is 0 Å². The lowest BCUT2D eigenvalue weighted by Gasteiger charge is -2.11. The lowest BCUT2D eigenvalue weighted by molar-refractivity contribution is -0.139. The quantitative estimate of drug-likeness (QED) is 0.649. The number of benzene rings is 1. The molecule has 0 aromatic heterocycles. The van der Waals surface area contributed by atoms with Crippen molar-refractivity contribution in [2.75, 3.05) is 7.05 Å². The van der Waals surface area contributed by atoms with E-state index in [9.17, 15) is 9.36 Å². The van der Waals surface area contributed by atoms with E-state index in [1.54, 1.807) is 19.2 Å². The molecule has 94 valence electrons. The molecule has 1 aromatic rings. The molecular formula is C10H14NO5P. The van der Waals surface area contributed by atoms with Gasteiger partial charge in [0.2, 0.25) is 0 Å². The van der Waals surface area contributed by atoms with E-state index >= 15 is 0 Å². The Morgan fingerprint density at radius 2 is 2.06 bits per heavy atom. The molecule has 0 saturated carbocycles. The Morgan fingerprint density at radius 1 is 1.47 bits per heavy atom. The summed E-state index contributed by atoms with van der Waals surface area (Å²) in [6, 6.07) is 5.73. The predicted octanol–water partition coefficient (Wildman–Crippen LogP) is 0.662. The Kier molecular flexibility index (Phi) is 5.15. The fourth-order valence-corrected chi connectivity index (χ4v) is 1.68. The van der Waals surface area contributed by atoms with Crippen LogP contribution in [-0.2, 0) is 15.8 Å². The second-order valence-electron chi connectivity index (χ2n) is 3.40. The van der Waals surface area contributed by atoms with E-state index in [-0.39, 0.29) is 5.75 Å². The second-order valence-corrected chi connectivity index (χ2v) is 4.13. The molecule has 3 N–H and O–H groups in total. The van der Waals surface area contributed by atoms with Crippen LogP contribution in [0.4, 0.5) is 0 Å². The minimum absolute atomic E-state index is 0.288. The highest BCUT2D eigenvalue weighted by Gasteiger charge is 2.15. The van der Waals surface area contributed by atoms with Crippen LogP contribution in [0.5, 0.6) is 5.75 Å². The Labute approximate surface area is 99.2 Å². The molecule has 0 aliphatic rings. The largest absolute Gasteiger partial charge is 0.480 e. The molecule has 0 fully saturated rings. The molecule has 0 bridgehead atoms. The highest BCUT2D eigenvalue weighted by molar-refractivity contribution is 7.32. The van der Waals surface area contributed by atoms with Crippen LogP contribution in [0.2, 0.25) is 0 Å². The molecule has 7 heteroatoms. The topological polar surface area (TPSA) is 95.9 Å². The first-order valence-electron chi connectivity index (χ1n) is 4.92. The average Bonchev–Trinajstić information content (AvgIpc) is 2.26. The second kappa shape index (κ2) is 6.39. The number of likely N-dealkylation sites (N-methyl/N-ethyl adjacent to an activating group) is 1. The van der Waals surface area contributed by atoms with E-state index in [0.717, 1.165) is 5.56 Å². The fraction of sp³-hybridized carbons (Fsp3) is 0.300. The lowest BCUT2D eigenvalue weighted by Crippen LogP contribution is -2.35. The number of nitrogens with one attached hydrogen (secondary N) is 1. The van der Waals surface area contributed by atoms with Gasteiger partial charge in [0.05, 0.1) is 0 Å². The maximum absolute atomic E-state index is 10.8. The number of rotatable bonds is 6. The van der Waals surface area contributed by atoms with Gasteiger partial charge < -0.3 is 19.8 Å². The van der Waals surface area contributed by atoms with Crippen molar-refractivity contribution < 1.29 is 23.9 Å². The molecule has 0 saturated heterocycles. The summed E-state index contributed by atoms with van der Waals surface area (Å²) in [7, 11) is -1.42. The Bertz CT molecular complexity index is 406. The van der Waals surface area contributed by atoms with Crippen molar-refractivity contribution in [3.05, 3.63) is 29.8 Å². The van der Waals surface area contributed by atoms with Gasteiger partial charge in [-0.3, -0.25) is 4.79 Å². The molecule has 0 spiro atoms. The molecule has 0 amide bonds. The SMILES string of the molecule is CNC(Cc1ccc(O[PH](=O)O)cc1)C(=O)O. The van der Waals surface area contributed by atoms with E-state index in [2.05, 4.69) is 9.84 Å². The van der Waals surface area contributed by atoms with Gasteiger partial charge in [0.15, 0.2) is 0 Å². The molecule has 0 heterocycles. The Hall–Kier alpha value is -1.36. The van der Waals surface area contributed by atoms with Crippen LogP contribution in [-0.4, -0.2) is 29.1 Å². The lowest BCUT2D eigenvalue weighted by atomic mass is 10.1. The van der Waals surface area contributed by atoms with Gasteiger partial charge in [-0.1, -0.05) is 12.1 Å². The van der Waals surface area contributed by atoms with Crippen LogP contribution in [0.1, 0.15) is 5.56 Å². The van der Waals surface area contributed by atoms with Crippen LogP contribution >= 0.6 is 8.25 Å². The molecule has 1 aromatic carbocycles. The first-order valence-corrected chi connectivity index (χ1v) is 6.19. The number of aliphatic carboxylic acids is 1. The monoisotopic (exact) mass is 259 g/mol. The maximum atomic E-state index is 10.8. The minimum atomic E-state index is -3.00. The summed E-state index contributed by atoms with van der Waals surface area (Å²) in [5, 5.41) is 11.5. The zero-order chi connectivity index (χ0) is 12.8. The molecule has 0 aliphatic heterocycles. The normalized spacial score (nSPS) is 14.0. The van der Waals surface area contributed by atoms with Crippen LogP contribution < -0.4 is 9.84 Å². The van der Waals surface area contributed by atoms with Crippen LogP contribution in [0, 0.1) is 0 Å². The number of carboxylic acids is 1. The maximum Gasteiger partial charge on any atom is 0.365 e. The molecule has 0 aliphatic carbocycles. The molecule has 6 nitrogen and oxygen atoms in total. The van der Waals surface area contributed by atoms with Crippen molar-refractivity contribution in [1.82, 2.24) is 5.32 Å². The van der Waals surface area contributed by atoms with Crippen molar-refractivity contribution in [3.8, 4) is 5.75 Å². The minimum Gasteiger partial charge on any atom is -0.480 e. The van der Waals surface area contributed by atoms with Gasteiger partial charge in [-0.25, -0.2) is 4.57 Å². The van der Waals surface area contributed by atoms with Gasteiger partial charge in [0.25, 0.3) is 0 Å². The predicted molar refractivity (Wildman–Crippen MR) is 62.5 cm³/mol. The molecule has 2 atom stereocenters. The van der Waals surface area contributed by atoms with Gasteiger partial charge >= 0.3 is 14.2 Å². The van der Waals surface area contributed by atoms with Crippen LogP contribution in [0.15, 0.2) is 24.3 Å². The van der Waals surface area contributed by atoms with Crippen LogP contribution in [0.25, 0.3) is 0 Å². The van der Waals surface area contributed by atoms with E-state index < -0.39 is 20.3 Å². The van der Waals surface area contributed by atoms with Crippen molar-refractivity contribution in [2.45, 2.75) is 12.5 Å². The number of hydrogen-bond acceptors (Lipinski definition) is 4. The molecular weight excluding hydrogens is 245 g/mol. The highest BCUT2D eigenvalue weighted by Crippen LogP contribution is 2.23. The standard InChI is InChI=1S/C10H14NO5P/c1-11-9(10(12)13)6-7-2-4-8(5-3-7)16-17(14)15/h2-5,9,11,17H,6H2,1H3,(H,12,13)(H,14,15). The summed E-state index contributed by atoms with van der Waals surface area (Å²) in [5.41, 5.74) is 0.803. The zero-order valence-electron chi connectivity index (χ0n) is 9.21. The molecule has 2 unspecified atom stereocenters. The summed E-state index contributed by atoms with van der Waals surface area (Å²) >= 11 is 0. The van der Waals surface area contributed by atoms with E-state index in [0.29, 0.717) is 6.42 Å². The third kappa shape index (κ3) is 4.56. The number of hydrogen-bond donors (Lipinski definition) is 3. The summed E-state index contributed by atoms with van der Waals surface area (Å²) in [6.45, 7) is 0. The molecule has 1 rings (SSSR count). The Balaban J connectivity index is 2.67. The van der Waals surface area contributed by atoms with Gasteiger partial charge in [-0.2, -0.15) is 0 Å². The third-order valence-electron chi connectivity index (χ3n) is 2.21. The molecule has 0 radical (unpaired) electrons. The fourth-order valence-electron chi connectivity index (χ4n) is 1.34. The summed E-state index contributed by atoms with van der Waals surface area (Å²) in [5.74, 6) is -0.635. The van der Waals surface area contributed by atoms with Gasteiger partial charge in [-0.15, -0.1) is 0 Å². The van der Waals surface area contributed by atoms with Gasteiger partial charge in [-0.05, 0) is 31.2 Å². The van der Waals surface area contributed by atoms with Crippen molar-refractivity contribution in [3.63, 3.8) is 0 Å². The van der Waals surface area contributed by atoms with E-state index in [1.807, 2.05) is 0 Å². The Morgan fingerprint density at radius 3 is 2.47 bits per heavy atom. The van der Waals surface area contributed by atoms with Gasteiger partial charge in [0, 0.05) is 0 Å². The average molecular weight is 259 g/mol. The smallest absolute Gasteiger partial charge is 0.365 e. The zero-order valence-corrected chi connectivity index (χ0v) is 10.2. The van der Waals surface area contributed by atoms with E-state index in [1.165, 1.54) is 12.1 Å². The number of carboxylic acid groups (broad SMARTS) is 1. The number of carbonyl (C=O) groups is 1. The third-order valence-corrected chi connectivity index (χ3v) is 2.63. The van der Waals surface area contributed by atoms with E-state index in [4.69, 9.17) is 10.00 Å². The first-order chi connectivity index (χ1) is 8.02. The highest BCUT2D eigenvalue weighted by atomic mass is 31.1. The van der Waals surface area contributed by atoms with Crippen molar-refractivity contribution >= 4 is 14.2 Å². The summed E-state index contributed by atoms with van der Waals surface area (Å²) < 4.78 is 15.1. The van der Waals surface area contributed by atoms with Crippen molar-refractivity contribution in [1.29, 1.82) is 0 Å². The first kappa shape index (κ1) is 13.7. The summed E-state index contributed by atoms with van der Waals surface area (Å²) in [4.78, 5) is 19.4. The van der Waals surface area contributed by atoms with Gasteiger partial charge in [0.1, 0.15) is 11.8 Å². The molecule has 17 heavy (non-hydrogen) atoms. The summed E-state index contributed by atoms with van der Waals surface area (Å²) in [6.07, 6.45) is 0.334.